The Kier molecular flexibility index (Phi) is 6.77. The van der Waals surface area contributed by atoms with E-state index in [1.165, 1.54) is 0 Å². The van der Waals surface area contributed by atoms with Crippen molar-refractivity contribution >= 4 is 38.6 Å². The molecule has 0 bridgehead atoms. The normalized spacial score (nSPS) is 14.8. The van der Waals surface area contributed by atoms with Crippen LogP contribution in [0.1, 0.15) is 0 Å². The number of nitrogens with zero attached hydrogens (tertiary/aromatic N) is 5. The predicted octanol–water partition coefficient (Wildman–Crippen LogP) is 2.63. The highest BCUT2D eigenvalue weighted by atomic mass is 32.2. The van der Waals surface area contributed by atoms with Crippen molar-refractivity contribution in [3.63, 3.8) is 0 Å². The number of piperazine rings is 1. The number of nitrogens with one attached hydrogen (secondary N) is 2. The summed E-state index contributed by atoms with van der Waals surface area (Å²) in [5, 5.41) is 17.1. The van der Waals surface area contributed by atoms with E-state index in [0.29, 0.717) is 11.6 Å². The van der Waals surface area contributed by atoms with Gasteiger partial charge in [-0.2, -0.15) is 0 Å². The van der Waals surface area contributed by atoms with E-state index in [2.05, 4.69) is 42.1 Å². The molecule has 0 radical (unpaired) electrons. The lowest BCUT2D eigenvalue weighted by Gasteiger charge is -2.35. The van der Waals surface area contributed by atoms with Gasteiger partial charge in [0.2, 0.25) is 16.0 Å². The van der Waals surface area contributed by atoms with Crippen LogP contribution in [0.2, 0.25) is 0 Å². The zero-order valence-corrected chi connectivity index (χ0v) is 20.8. The van der Waals surface area contributed by atoms with E-state index in [-0.39, 0.29) is 6.61 Å². The second kappa shape index (κ2) is 10.1. The average Bonchev–Trinajstić information content (AvgIpc) is 3.28. The number of aliphatic hydroxyl groups is 1. The van der Waals surface area contributed by atoms with Crippen molar-refractivity contribution in [1.82, 2.24) is 19.5 Å². The van der Waals surface area contributed by atoms with Crippen molar-refractivity contribution < 1.29 is 13.5 Å². The van der Waals surface area contributed by atoms with Crippen LogP contribution >= 0.6 is 0 Å². The molecule has 2 aromatic heterocycles. The van der Waals surface area contributed by atoms with Crippen molar-refractivity contribution in [1.29, 1.82) is 0 Å². The fraction of sp³-hybridized carbons (Fsp3) is 0.280. The number of aliphatic hydroxyl groups excluding tert-OH is 1. The van der Waals surface area contributed by atoms with Gasteiger partial charge in [-0.3, -0.25) is 9.62 Å². The molecule has 188 valence electrons. The summed E-state index contributed by atoms with van der Waals surface area (Å²) in [4.78, 5) is 9.06. The predicted molar refractivity (Wildman–Crippen MR) is 142 cm³/mol. The van der Waals surface area contributed by atoms with Gasteiger partial charge in [-0.15, -0.1) is 5.10 Å². The minimum absolute atomic E-state index is 0.200. The van der Waals surface area contributed by atoms with Crippen molar-refractivity contribution in [3.05, 3.63) is 66.9 Å². The molecule has 4 aromatic rings. The summed E-state index contributed by atoms with van der Waals surface area (Å²) in [5.41, 5.74) is 5.01. The number of hydrogen-bond donors (Lipinski definition) is 3. The summed E-state index contributed by atoms with van der Waals surface area (Å²) in [7, 11) is -3.37. The van der Waals surface area contributed by atoms with Gasteiger partial charge in [0.1, 0.15) is 0 Å². The number of benzene rings is 2. The summed E-state index contributed by atoms with van der Waals surface area (Å²) in [6, 6.07) is 19.3. The van der Waals surface area contributed by atoms with Gasteiger partial charge >= 0.3 is 0 Å². The molecule has 0 unspecified atom stereocenters. The van der Waals surface area contributed by atoms with Gasteiger partial charge in [0.25, 0.3) is 0 Å². The van der Waals surface area contributed by atoms with Crippen molar-refractivity contribution in [2.45, 2.75) is 0 Å². The van der Waals surface area contributed by atoms with Gasteiger partial charge in [0, 0.05) is 55.3 Å². The lowest BCUT2D eigenvalue weighted by atomic mass is 10.1. The van der Waals surface area contributed by atoms with E-state index >= 15 is 0 Å². The molecule has 0 saturated carbocycles. The Morgan fingerprint density at radius 2 is 1.75 bits per heavy atom. The number of β-amino-alcohol motifs (C(OH)–C–C–N with tert-alkyl or cyclic N) is 1. The maximum atomic E-state index is 11.6. The first-order valence-electron chi connectivity index (χ1n) is 11.8. The Morgan fingerprint density at radius 3 is 2.47 bits per heavy atom. The Bertz CT molecular complexity index is 1450. The molecular formula is C25H29N7O3S. The Morgan fingerprint density at radius 1 is 0.972 bits per heavy atom. The first-order chi connectivity index (χ1) is 17.4. The van der Waals surface area contributed by atoms with Gasteiger partial charge in [-0.05, 0) is 48.5 Å². The van der Waals surface area contributed by atoms with Crippen LogP contribution in [0, 0.1) is 0 Å². The van der Waals surface area contributed by atoms with E-state index < -0.39 is 10.0 Å². The fourth-order valence-electron chi connectivity index (χ4n) is 4.39. The molecule has 1 aliphatic rings. The molecule has 0 aliphatic carbocycles. The molecule has 1 saturated heterocycles. The highest BCUT2D eigenvalue weighted by Gasteiger charge is 2.16. The molecule has 0 spiro atoms. The topological polar surface area (TPSA) is 115 Å². The van der Waals surface area contributed by atoms with Gasteiger partial charge in [-0.1, -0.05) is 12.1 Å². The largest absolute Gasteiger partial charge is 0.395 e. The van der Waals surface area contributed by atoms with Crippen LogP contribution in [0.5, 0.6) is 0 Å². The first-order valence-corrected chi connectivity index (χ1v) is 13.7. The lowest BCUT2D eigenvalue weighted by molar-refractivity contribution is 0.189. The molecular weight excluding hydrogens is 478 g/mol. The molecule has 3 heterocycles. The molecule has 10 nitrogen and oxygen atoms in total. The van der Waals surface area contributed by atoms with Crippen LogP contribution in [-0.2, 0) is 10.0 Å². The van der Waals surface area contributed by atoms with Crippen LogP contribution in [0.3, 0.4) is 0 Å². The number of fused-ring (bicyclic) bond motifs is 1. The molecule has 11 heteroatoms. The van der Waals surface area contributed by atoms with E-state index in [9.17, 15) is 8.42 Å². The maximum absolute atomic E-state index is 11.6. The lowest BCUT2D eigenvalue weighted by Crippen LogP contribution is -2.47. The van der Waals surface area contributed by atoms with Crippen LogP contribution in [0.15, 0.2) is 66.9 Å². The fourth-order valence-corrected chi connectivity index (χ4v) is 4.94. The highest BCUT2D eigenvalue weighted by Crippen LogP contribution is 2.26. The summed E-state index contributed by atoms with van der Waals surface area (Å²) >= 11 is 0. The van der Waals surface area contributed by atoms with Gasteiger partial charge in [0.05, 0.1) is 30.3 Å². The van der Waals surface area contributed by atoms with E-state index in [4.69, 9.17) is 5.11 Å². The smallest absolute Gasteiger partial charge is 0.245 e. The molecule has 1 aliphatic heterocycles. The Hall–Kier alpha value is -3.67. The van der Waals surface area contributed by atoms with Gasteiger partial charge in [0.15, 0.2) is 0 Å². The minimum Gasteiger partial charge on any atom is -0.395 e. The van der Waals surface area contributed by atoms with E-state index in [1.807, 2.05) is 30.3 Å². The molecule has 2 aromatic carbocycles. The monoisotopic (exact) mass is 507 g/mol. The summed E-state index contributed by atoms with van der Waals surface area (Å²) in [6.45, 7) is 4.69. The van der Waals surface area contributed by atoms with Crippen molar-refractivity contribution in [2.24, 2.45) is 0 Å². The maximum Gasteiger partial charge on any atom is 0.245 e. The summed E-state index contributed by atoms with van der Waals surface area (Å²) < 4.78 is 27.5. The van der Waals surface area contributed by atoms with E-state index in [1.54, 1.807) is 28.9 Å². The van der Waals surface area contributed by atoms with Crippen LogP contribution in [0.25, 0.3) is 16.8 Å². The third kappa shape index (κ3) is 5.59. The zero-order chi connectivity index (χ0) is 25.1. The van der Waals surface area contributed by atoms with Gasteiger partial charge < -0.3 is 15.3 Å². The molecule has 3 N–H and O–H groups in total. The van der Waals surface area contributed by atoms with Crippen molar-refractivity contribution in [2.75, 3.05) is 60.5 Å². The average molecular weight is 508 g/mol. The van der Waals surface area contributed by atoms with Crippen LogP contribution in [0.4, 0.5) is 23.0 Å². The number of aromatic nitrogens is 3. The minimum atomic E-state index is -3.37. The van der Waals surface area contributed by atoms with Crippen LogP contribution in [-0.4, -0.2) is 78.6 Å². The zero-order valence-electron chi connectivity index (χ0n) is 20.0. The third-order valence-electron chi connectivity index (χ3n) is 6.14. The molecule has 1 fully saturated rings. The molecule has 0 atom stereocenters. The summed E-state index contributed by atoms with van der Waals surface area (Å²) in [5.74, 6) is 0.454. The summed E-state index contributed by atoms with van der Waals surface area (Å²) in [6.07, 6.45) is 2.88. The second-order valence-corrected chi connectivity index (χ2v) is 10.6. The molecule has 0 amide bonds. The number of anilines is 4. The standard InChI is InChI=1S/C25H29N7O3S/c1-36(34,35)29-21-4-2-3-19(17-21)24-10-9-23-18-26-25(28-32(23)24)27-20-5-7-22(8-6-20)31-13-11-30(12-14-31)15-16-33/h2-10,17-18,29,33H,11-16H2,1H3,(H,27,28). The molecule has 36 heavy (non-hydrogen) atoms. The Balaban J connectivity index is 1.32. The second-order valence-electron chi connectivity index (χ2n) is 8.82. The molecule has 5 rings (SSSR count). The van der Waals surface area contributed by atoms with Gasteiger partial charge in [-0.25, -0.2) is 17.9 Å². The third-order valence-corrected chi connectivity index (χ3v) is 6.74. The first kappa shape index (κ1) is 24.0. The van der Waals surface area contributed by atoms with Crippen LogP contribution < -0.4 is 14.9 Å². The Labute approximate surface area is 210 Å². The van der Waals surface area contributed by atoms with E-state index in [0.717, 1.165) is 67.1 Å². The number of hydrogen-bond acceptors (Lipinski definition) is 8. The quantitative estimate of drug-likeness (QED) is 0.333. The number of sulfonamides is 1. The SMILES string of the molecule is CS(=O)(=O)Nc1cccc(-c2ccc3cnc(Nc4ccc(N5CCN(CCO)CC5)cc4)nn23)c1. The number of rotatable bonds is 8. The highest BCUT2D eigenvalue weighted by molar-refractivity contribution is 7.92. The van der Waals surface area contributed by atoms with Crippen molar-refractivity contribution in [3.8, 4) is 11.3 Å².